The molecular formula is C10H14O. The molecule has 0 aromatic carbocycles. The molecule has 0 saturated carbocycles. The first-order valence-corrected chi connectivity index (χ1v) is 3.80. The van der Waals surface area contributed by atoms with Gasteiger partial charge in [0.1, 0.15) is 5.76 Å². The molecule has 1 aliphatic rings. The van der Waals surface area contributed by atoms with Crippen LogP contribution in [0.4, 0.5) is 0 Å². The fourth-order valence-electron chi connectivity index (χ4n) is 1.24. The van der Waals surface area contributed by atoms with E-state index in [-0.39, 0.29) is 0 Å². The van der Waals surface area contributed by atoms with Crippen LogP contribution >= 0.6 is 0 Å². The molecule has 0 amide bonds. The summed E-state index contributed by atoms with van der Waals surface area (Å²) in [5.74, 6) is 0.956. The van der Waals surface area contributed by atoms with Gasteiger partial charge in [0.05, 0.1) is 6.61 Å². The topological polar surface area (TPSA) is 9.23 Å². The Morgan fingerprint density at radius 1 is 1.27 bits per heavy atom. The maximum absolute atomic E-state index is 5.41. The Labute approximate surface area is 68.1 Å². The highest BCUT2D eigenvalue weighted by molar-refractivity contribution is 5.39. The van der Waals surface area contributed by atoms with Crippen molar-refractivity contribution in [2.24, 2.45) is 0 Å². The summed E-state index contributed by atoms with van der Waals surface area (Å²) in [5.41, 5.74) is 3.33. The van der Waals surface area contributed by atoms with E-state index in [4.69, 9.17) is 4.74 Å². The minimum Gasteiger partial charge on any atom is -0.493 e. The van der Waals surface area contributed by atoms with Crippen LogP contribution in [0.25, 0.3) is 0 Å². The van der Waals surface area contributed by atoms with Gasteiger partial charge in [-0.1, -0.05) is 18.7 Å². The molecule has 0 aromatic heterocycles. The first-order chi connectivity index (χ1) is 5.13. The van der Waals surface area contributed by atoms with Crippen LogP contribution in [-0.2, 0) is 4.74 Å². The van der Waals surface area contributed by atoms with E-state index in [1.165, 1.54) is 5.57 Å². The smallest absolute Gasteiger partial charge is 0.125 e. The van der Waals surface area contributed by atoms with E-state index < -0.39 is 0 Å². The monoisotopic (exact) mass is 150 g/mol. The number of ether oxygens (including phenoxy) is 1. The normalized spacial score (nSPS) is 16.5. The zero-order valence-electron chi connectivity index (χ0n) is 7.24. The van der Waals surface area contributed by atoms with Gasteiger partial charge in [-0.3, -0.25) is 0 Å². The third-order valence-corrected chi connectivity index (χ3v) is 1.78. The molecule has 0 aliphatic carbocycles. The Hall–Kier alpha value is -0.980. The summed E-state index contributed by atoms with van der Waals surface area (Å²) in [4.78, 5) is 0. The van der Waals surface area contributed by atoms with Gasteiger partial charge in [-0.05, 0) is 19.4 Å². The van der Waals surface area contributed by atoms with Gasteiger partial charge in [0.15, 0.2) is 0 Å². The van der Waals surface area contributed by atoms with Crippen LogP contribution in [0.3, 0.4) is 0 Å². The summed E-state index contributed by atoms with van der Waals surface area (Å²) < 4.78 is 5.41. The molecular weight excluding hydrogens is 136 g/mol. The Morgan fingerprint density at radius 2 is 1.91 bits per heavy atom. The van der Waals surface area contributed by atoms with Crippen molar-refractivity contribution in [2.75, 3.05) is 6.61 Å². The van der Waals surface area contributed by atoms with Crippen molar-refractivity contribution in [3.8, 4) is 0 Å². The Morgan fingerprint density at radius 3 is 2.27 bits per heavy atom. The van der Waals surface area contributed by atoms with Crippen molar-refractivity contribution in [3.63, 3.8) is 0 Å². The molecule has 0 unspecified atom stereocenters. The Balaban J connectivity index is 2.95. The van der Waals surface area contributed by atoms with E-state index in [0.29, 0.717) is 0 Å². The molecule has 1 nitrogen and oxygen atoms in total. The molecule has 11 heavy (non-hydrogen) atoms. The van der Waals surface area contributed by atoms with Crippen LogP contribution in [0.2, 0.25) is 0 Å². The second kappa shape index (κ2) is 2.95. The third-order valence-electron chi connectivity index (χ3n) is 1.78. The predicted octanol–water partition coefficient (Wildman–Crippen LogP) is 2.81. The predicted molar refractivity (Wildman–Crippen MR) is 47.2 cm³/mol. The van der Waals surface area contributed by atoms with Gasteiger partial charge in [0.25, 0.3) is 0 Å². The van der Waals surface area contributed by atoms with Gasteiger partial charge in [-0.25, -0.2) is 0 Å². The molecule has 0 atom stereocenters. The number of hydrogen-bond donors (Lipinski definition) is 0. The fraction of sp³-hybridized carbons (Fsp3) is 0.400. The molecule has 0 N–H and O–H groups in total. The van der Waals surface area contributed by atoms with Gasteiger partial charge in [0, 0.05) is 12.0 Å². The van der Waals surface area contributed by atoms with E-state index in [9.17, 15) is 0 Å². The second-order valence-corrected chi connectivity index (χ2v) is 2.97. The molecule has 60 valence electrons. The van der Waals surface area contributed by atoms with Gasteiger partial charge < -0.3 is 4.74 Å². The average Bonchev–Trinajstić information content (AvgIpc) is 2.32. The fourth-order valence-corrected chi connectivity index (χ4v) is 1.24. The first kappa shape index (κ1) is 8.12. The van der Waals surface area contributed by atoms with Crippen molar-refractivity contribution < 1.29 is 4.74 Å². The van der Waals surface area contributed by atoms with Gasteiger partial charge >= 0.3 is 0 Å². The molecule has 0 spiro atoms. The molecule has 1 aliphatic heterocycles. The van der Waals surface area contributed by atoms with Crippen LogP contribution in [0.1, 0.15) is 20.3 Å². The molecule has 0 aromatic rings. The standard InChI is InChI=1S/C10H14O/c1-7(2)9-5-6-11-10(9)8(3)4/h1,3,5-6H2,2,4H3. The van der Waals surface area contributed by atoms with E-state index in [1.807, 2.05) is 13.8 Å². The summed E-state index contributed by atoms with van der Waals surface area (Å²) >= 11 is 0. The average molecular weight is 150 g/mol. The first-order valence-electron chi connectivity index (χ1n) is 3.80. The largest absolute Gasteiger partial charge is 0.493 e. The maximum atomic E-state index is 5.41. The second-order valence-electron chi connectivity index (χ2n) is 2.97. The highest BCUT2D eigenvalue weighted by Gasteiger charge is 2.16. The lowest BCUT2D eigenvalue weighted by Gasteiger charge is -2.04. The van der Waals surface area contributed by atoms with Crippen molar-refractivity contribution in [1.29, 1.82) is 0 Å². The number of allylic oxidation sites excluding steroid dienone is 2. The zero-order valence-corrected chi connectivity index (χ0v) is 7.24. The van der Waals surface area contributed by atoms with E-state index >= 15 is 0 Å². The summed E-state index contributed by atoms with van der Waals surface area (Å²) in [6, 6.07) is 0. The summed E-state index contributed by atoms with van der Waals surface area (Å²) in [7, 11) is 0. The van der Waals surface area contributed by atoms with Crippen molar-refractivity contribution >= 4 is 0 Å². The minimum atomic E-state index is 0.782. The van der Waals surface area contributed by atoms with E-state index in [2.05, 4.69) is 13.2 Å². The summed E-state index contributed by atoms with van der Waals surface area (Å²) in [6.45, 7) is 12.5. The molecule has 0 saturated heterocycles. The Kier molecular flexibility index (Phi) is 2.18. The third kappa shape index (κ3) is 1.53. The summed E-state index contributed by atoms with van der Waals surface area (Å²) in [5, 5.41) is 0. The highest BCUT2D eigenvalue weighted by Crippen LogP contribution is 2.28. The number of hydrogen-bond acceptors (Lipinski definition) is 1. The zero-order chi connectivity index (χ0) is 8.43. The van der Waals surface area contributed by atoms with Crippen LogP contribution in [0.5, 0.6) is 0 Å². The van der Waals surface area contributed by atoms with Crippen molar-refractivity contribution in [2.45, 2.75) is 20.3 Å². The minimum absolute atomic E-state index is 0.782. The van der Waals surface area contributed by atoms with Crippen LogP contribution in [-0.4, -0.2) is 6.61 Å². The van der Waals surface area contributed by atoms with Crippen LogP contribution in [0.15, 0.2) is 35.6 Å². The lowest BCUT2D eigenvalue weighted by molar-refractivity contribution is 0.252. The molecule has 0 bridgehead atoms. The van der Waals surface area contributed by atoms with Gasteiger partial charge in [0.2, 0.25) is 0 Å². The lowest BCUT2D eigenvalue weighted by Crippen LogP contribution is -1.87. The SMILES string of the molecule is C=C(C)C1=C(C(=C)C)OCC1. The Bertz CT molecular complexity index is 209. The molecule has 1 rings (SSSR count). The van der Waals surface area contributed by atoms with Crippen molar-refractivity contribution in [1.82, 2.24) is 0 Å². The quantitative estimate of drug-likeness (QED) is 0.588. The summed E-state index contributed by atoms with van der Waals surface area (Å²) in [6.07, 6.45) is 0.984. The van der Waals surface area contributed by atoms with E-state index in [0.717, 1.165) is 29.9 Å². The van der Waals surface area contributed by atoms with Crippen LogP contribution < -0.4 is 0 Å². The van der Waals surface area contributed by atoms with E-state index in [1.54, 1.807) is 0 Å². The van der Waals surface area contributed by atoms with Gasteiger partial charge in [-0.2, -0.15) is 0 Å². The lowest BCUT2D eigenvalue weighted by atomic mass is 10.0. The number of rotatable bonds is 2. The highest BCUT2D eigenvalue weighted by atomic mass is 16.5. The van der Waals surface area contributed by atoms with Gasteiger partial charge in [-0.15, -0.1) is 0 Å². The maximum Gasteiger partial charge on any atom is 0.125 e. The molecule has 0 radical (unpaired) electrons. The molecule has 0 fully saturated rings. The molecule has 1 heteroatoms. The van der Waals surface area contributed by atoms with Crippen LogP contribution in [0, 0.1) is 0 Å². The van der Waals surface area contributed by atoms with Crippen molar-refractivity contribution in [3.05, 3.63) is 35.6 Å². The molecule has 1 heterocycles.